The maximum absolute atomic E-state index is 4.77. The Morgan fingerprint density at radius 2 is 2.07 bits per heavy atom. The minimum atomic E-state index is 0.626. The molecule has 0 bridgehead atoms. The Morgan fingerprint density at radius 1 is 1.30 bits per heavy atom. The summed E-state index contributed by atoms with van der Waals surface area (Å²) in [5.74, 6) is 1.05. The molecule has 0 aromatic carbocycles. The molecule has 2 aromatic heterocycles. The van der Waals surface area contributed by atoms with Gasteiger partial charge in [0.25, 0.3) is 0 Å². The summed E-state index contributed by atoms with van der Waals surface area (Å²) in [5.41, 5.74) is 4.59. The van der Waals surface area contributed by atoms with Crippen LogP contribution in [0.25, 0.3) is 11.4 Å². The molecule has 1 saturated heterocycles. The van der Waals surface area contributed by atoms with Gasteiger partial charge in [0, 0.05) is 51.8 Å². The molecule has 4 heterocycles. The van der Waals surface area contributed by atoms with Crippen LogP contribution in [0.15, 0.2) is 64.7 Å². The molecule has 0 spiro atoms. The van der Waals surface area contributed by atoms with Gasteiger partial charge in [-0.3, -0.25) is 4.99 Å². The van der Waals surface area contributed by atoms with Crippen LogP contribution in [-0.2, 0) is 6.54 Å². The van der Waals surface area contributed by atoms with E-state index in [2.05, 4.69) is 67.5 Å². The van der Waals surface area contributed by atoms with Crippen LogP contribution in [0.5, 0.6) is 0 Å². The van der Waals surface area contributed by atoms with Crippen LogP contribution in [0.4, 0.5) is 5.82 Å². The van der Waals surface area contributed by atoms with Crippen molar-refractivity contribution in [1.29, 1.82) is 0 Å². The quantitative estimate of drug-likeness (QED) is 0.243. The Kier molecular flexibility index (Phi) is 6.20. The number of fused-ring (bicyclic) bond motifs is 1. The number of nitrogens with zero attached hydrogens (tertiary/aromatic N) is 6. The van der Waals surface area contributed by atoms with Gasteiger partial charge in [-0.1, -0.05) is 25.8 Å². The molecule has 8 heteroatoms. The molecule has 2 aliphatic rings. The van der Waals surface area contributed by atoms with Crippen LogP contribution in [0.3, 0.4) is 0 Å². The van der Waals surface area contributed by atoms with Gasteiger partial charge in [0.05, 0.1) is 29.8 Å². The van der Waals surface area contributed by atoms with Crippen molar-refractivity contribution < 1.29 is 0 Å². The molecule has 1 fully saturated rings. The fraction of sp³-hybridized carbons (Fsp3) is 0.227. The highest BCUT2D eigenvalue weighted by Crippen LogP contribution is 2.33. The van der Waals surface area contributed by atoms with Gasteiger partial charge in [-0.15, -0.1) is 9.24 Å². The Bertz CT molecular complexity index is 1080. The Hall–Kier alpha value is -2.25. The maximum Gasteiger partial charge on any atom is 0.135 e. The number of allylic oxidation sites excluding steroid dienone is 3. The predicted molar refractivity (Wildman–Crippen MR) is 137 cm³/mol. The van der Waals surface area contributed by atoms with Gasteiger partial charge in [0.15, 0.2) is 0 Å². The average Bonchev–Trinajstić information content (AvgIpc) is 3.46. The molecule has 0 saturated carbocycles. The first-order chi connectivity index (χ1) is 14.5. The number of pyridine rings is 1. The van der Waals surface area contributed by atoms with Gasteiger partial charge in [-0.2, -0.15) is 5.10 Å². The number of halogens is 1. The average molecular weight is 530 g/mol. The summed E-state index contributed by atoms with van der Waals surface area (Å²) in [5, 5.41) is 5.87. The second kappa shape index (κ2) is 8.86. The highest BCUT2D eigenvalue weighted by atomic mass is 127. The number of hydrogen-bond acceptors (Lipinski definition) is 5. The molecule has 0 N–H and O–H groups in total. The van der Waals surface area contributed by atoms with Gasteiger partial charge in [0.1, 0.15) is 5.82 Å². The van der Waals surface area contributed by atoms with Crippen molar-refractivity contribution >= 4 is 54.9 Å². The number of hydrogen-bond donors (Lipinski definition) is 0. The summed E-state index contributed by atoms with van der Waals surface area (Å²) in [7, 11) is 2.81. The maximum atomic E-state index is 4.77. The molecule has 1 unspecified atom stereocenters. The van der Waals surface area contributed by atoms with Crippen molar-refractivity contribution in [2.45, 2.75) is 19.4 Å². The molecule has 154 valence electrons. The van der Waals surface area contributed by atoms with Gasteiger partial charge in [-0.05, 0) is 41.5 Å². The van der Waals surface area contributed by atoms with E-state index in [1.807, 2.05) is 22.0 Å². The summed E-state index contributed by atoms with van der Waals surface area (Å²) >= 11 is 2.17. The van der Waals surface area contributed by atoms with Crippen LogP contribution in [0, 0.1) is 0 Å². The van der Waals surface area contributed by atoms with E-state index in [0.29, 0.717) is 6.54 Å². The fourth-order valence-electron chi connectivity index (χ4n) is 3.66. The lowest BCUT2D eigenvalue weighted by atomic mass is 10.2. The van der Waals surface area contributed by atoms with E-state index >= 15 is 0 Å². The first-order valence-electron chi connectivity index (χ1n) is 9.74. The van der Waals surface area contributed by atoms with Crippen LogP contribution >= 0.6 is 31.8 Å². The van der Waals surface area contributed by atoms with E-state index in [9.17, 15) is 0 Å². The molecule has 1 atom stereocenters. The lowest BCUT2D eigenvalue weighted by Gasteiger charge is -2.20. The minimum Gasteiger partial charge on any atom is -0.356 e. The minimum absolute atomic E-state index is 0.626. The molecule has 6 nitrogen and oxygen atoms in total. The van der Waals surface area contributed by atoms with Crippen LogP contribution in [0.2, 0.25) is 0 Å². The molecule has 2 aliphatic heterocycles. The van der Waals surface area contributed by atoms with E-state index in [1.165, 1.54) is 12.8 Å². The summed E-state index contributed by atoms with van der Waals surface area (Å²) in [4.78, 5) is 13.4. The van der Waals surface area contributed by atoms with Crippen LogP contribution < -0.4 is 10.2 Å². The van der Waals surface area contributed by atoms with Crippen molar-refractivity contribution in [2.24, 2.45) is 4.99 Å². The topological polar surface area (TPSA) is 49.6 Å². The SMILES string of the molecule is C=C/C(I)=C\N=C/C(=C)N1Cc2nn(-c3cnc(N4CCCC4)c(P)c3)cc2C1=C. The zero-order valence-electron chi connectivity index (χ0n) is 16.8. The van der Waals surface area contributed by atoms with Gasteiger partial charge in [0.2, 0.25) is 0 Å². The van der Waals surface area contributed by atoms with E-state index in [-0.39, 0.29) is 0 Å². The Morgan fingerprint density at radius 3 is 2.73 bits per heavy atom. The second-order valence-electron chi connectivity index (χ2n) is 7.25. The van der Waals surface area contributed by atoms with Crippen molar-refractivity contribution in [2.75, 3.05) is 18.0 Å². The lowest BCUT2D eigenvalue weighted by molar-refractivity contribution is 0.524. The Labute approximate surface area is 193 Å². The standard InChI is InChI=1S/C22H24IN6P/c1-4-17(23)11-24-10-15(2)28-14-20-19(16(28)3)13-29(26-20)18-9-21(30)22(25-12-18)27-7-5-6-8-27/h4,9-13H,1-3,5-8,14,30H2/b17-11+,24-10-. The molecule has 4 rings (SSSR count). The molecule has 0 radical (unpaired) electrons. The van der Waals surface area contributed by atoms with E-state index in [1.54, 1.807) is 18.5 Å². The van der Waals surface area contributed by atoms with Crippen molar-refractivity contribution in [3.63, 3.8) is 0 Å². The predicted octanol–water partition coefficient (Wildman–Crippen LogP) is 4.20. The van der Waals surface area contributed by atoms with Gasteiger partial charge in [-0.25, -0.2) is 9.67 Å². The third-order valence-corrected chi connectivity index (χ3v) is 6.39. The zero-order chi connectivity index (χ0) is 21.3. The van der Waals surface area contributed by atoms with Crippen LogP contribution in [0.1, 0.15) is 24.1 Å². The highest BCUT2D eigenvalue weighted by Gasteiger charge is 2.27. The summed E-state index contributed by atoms with van der Waals surface area (Å²) in [6.45, 7) is 14.9. The smallest absolute Gasteiger partial charge is 0.135 e. The second-order valence-corrected chi connectivity index (χ2v) is 9.12. The van der Waals surface area contributed by atoms with Crippen molar-refractivity contribution in [3.05, 3.63) is 71.0 Å². The number of anilines is 1. The van der Waals surface area contributed by atoms with Gasteiger partial charge >= 0.3 is 0 Å². The summed E-state index contributed by atoms with van der Waals surface area (Å²) in [6, 6.07) is 2.12. The molecule has 30 heavy (non-hydrogen) atoms. The summed E-state index contributed by atoms with van der Waals surface area (Å²) < 4.78 is 2.85. The fourth-order valence-corrected chi connectivity index (χ4v) is 4.25. The number of aromatic nitrogens is 3. The molecule has 2 aromatic rings. The number of aliphatic imine (C=N–C) groups is 1. The third kappa shape index (κ3) is 4.14. The zero-order valence-corrected chi connectivity index (χ0v) is 20.1. The normalized spacial score (nSPS) is 16.6. The number of rotatable bonds is 6. The van der Waals surface area contributed by atoms with Crippen LogP contribution in [-0.4, -0.2) is 39.0 Å². The molecular weight excluding hydrogens is 506 g/mol. The van der Waals surface area contributed by atoms with Crippen molar-refractivity contribution in [1.82, 2.24) is 19.7 Å². The third-order valence-electron chi connectivity index (χ3n) is 5.25. The lowest BCUT2D eigenvalue weighted by Crippen LogP contribution is -2.24. The van der Waals surface area contributed by atoms with Gasteiger partial charge < -0.3 is 9.80 Å². The summed E-state index contributed by atoms with van der Waals surface area (Å²) in [6.07, 6.45) is 11.6. The first kappa shape index (κ1) is 21.0. The highest BCUT2D eigenvalue weighted by molar-refractivity contribution is 14.1. The molecular formula is C22H24IN6P. The molecule has 0 amide bonds. The molecule has 0 aliphatic carbocycles. The largest absolute Gasteiger partial charge is 0.356 e. The van der Waals surface area contributed by atoms with E-state index in [0.717, 1.165) is 56.1 Å². The monoisotopic (exact) mass is 530 g/mol. The van der Waals surface area contributed by atoms with Crippen molar-refractivity contribution in [3.8, 4) is 5.69 Å². The van der Waals surface area contributed by atoms with E-state index < -0.39 is 0 Å². The van der Waals surface area contributed by atoms with E-state index in [4.69, 9.17) is 10.1 Å². The first-order valence-corrected chi connectivity index (χ1v) is 11.4. The Balaban J connectivity index is 1.50.